The molecule has 0 bridgehead atoms. The van der Waals surface area contributed by atoms with Crippen molar-refractivity contribution in [3.05, 3.63) is 0 Å². The third-order valence-corrected chi connectivity index (χ3v) is 4.31. The Morgan fingerprint density at radius 3 is 1.43 bits per heavy atom. The van der Waals surface area contributed by atoms with Gasteiger partial charge in [-0.25, -0.2) is 0 Å². The van der Waals surface area contributed by atoms with Crippen molar-refractivity contribution in [1.82, 2.24) is 0 Å². The molecule has 0 N–H and O–H groups in total. The van der Waals surface area contributed by atoms with Crippen LogP contribution in [0.4, 0.5) is 0 Å². The van der Waals surface area contributed by atoms with Gasteiger partial charge in [0.15, 0.2) is 0 Å². The van der Waals surface area contributed by atoms with Crippen LogP contribution in [-0.4, -0.2) is 38.1 Å². The van der Waals surface area contributed by atoms with Crippen molar-refractivity contribution in [2.45, 2.75) is 91.0 Å². The second kappa shape index (κ2) is 11.4. The third-order valence-electron chi connectivity index (χ3n) is 4.31. The highest BCUT2D eigenvalue weighted by Crippen LogP contribution is 2.18. The van der Waals surface area contributed by atoms with Crippen molar-refractivity contribution < 1.29 is 14.2 Å². The summed E-state index contributed by atoms with van der Waals surface area (Å²) < 4.78 is 15.8. The molecule has 3 heteroatoms. The molecular weight excluding hydrogens is 264 g/mol. The average molecular weight is 300 g/mol. The Bertz CT molecular complexity index is 225. The van der Waals surface area contributed by atoms with Crippen LogP contribution in [0.5, 0.6) is 0 Å². The minimum absolute atomic E-state index is 0.513. The molecule has 0 saturated carbocycles. The number of ether oxygens (including phenoxy) is 3. The van der Waals surface area contributed by atoms with E-state index in [1.807, 2.05) is 0 Å². The zero-order valence-corrected chi connectivity index (χ0v) is 14.6. The molecule has 3 fully saturated rings. The molecular formula is C18H36O3. The molecule has 0 radical (unpaired) electrons. The zero-order valence-electron chi connectivity index (χ0n) is 14.6. The third kappa shape index (κ3) is 10.3. The van der Waals surface area contributed by atoms with Crippen LogP contribution in [0.3, 0.4) is 0 Å². The van der Waals surface area contributed by atoms with E-state index in [-0.39, 0.29) is 0 Å². The standard InChI is InChI=1S/C7H14O.C6H12O.C5H10O/c1-6-3-4-8-7(2)5-6;1-6-4-2-3-5-7-6;1-5-3-2-4-6-5/h6-7H,3-5H2,1-2H3;6H,2-5H2,1H3;5H,2-4H2,1H3. The van der Waals surface area contributed by atoms with Gasteiger partial charge < -0.3 is 14.2 Å². The number of hydrogen-bond donors (Lipinski definition) is 0. The van der Waals surface area contributed by atoms with Gasteiger partial charge in [0.25, 0.3) is 0 Å². The quantitative estimate of drug-likeness (QED) is 0.655. The topological polar surface area (TPSA) is 27.7 Å². The Labute approximate surface area is 131 Å². The van der Waals surface area contributed by atoms with Crippen molar-refractivity contribution in [3.63, 3.8) is 0 Å². The molecule has 3 aliphatic rings. The Kier molecular flexibility index (Phi) is 10.3. The highest BCUT2D eigenvalue weighted by Gasteiger charge is 2.14. The summed E-state index contributed by atoms with van der Waals surface area (Å²) in [6, 6.07) is 0. The fourth-order valence-electron chi connectivity index (χ4n) is 2.86. The predicted octanol–water partition coefficient (Wildman–Crippen LogP) is 4.58. The van der Waals surface area contributed by atoms with E-state index in [0.717, 1.165) is 25.7 Å². The van der Waals surface area contributed by atoms with Gasteiger partial charge in [-0.1, -0.05) is 6.92 Å². The molecule has 21 heavy (non-hydrogen) atoms. The SMILES string of the molecule is CC1CCCCO1.CC1CCCO1.CC1CCOC(C)C1. The Morgan fingerprint density at radius 2 is 1.14 bits per heavy atom. The molecule has 0 aromatic carbocycles. The first-order valence-corrected chi connectivity index (χ1v) is 8.92. The van der Waals surface area contributed by atoms with E-state index in [0.29, 0.717) is 18.3 Å². The summed E-state index contributed by atoms with van der Waals surface area (Å²) in [6.07, 6.45) is 10.5. The second-order valence-electron chi connectivity index (χ2n) is 6.81. The fourth-order valence-corrected chi connectivity index (χ4v) is 2.86. The molecule has 4 unspecified atom stereocenters. The van der Waals surface area contributed by atoms with Crippen molar-refractivity contribution in [3.8, 4) is 0 Å². The van der Waals surface area contributed by atoms with E-state index in [4.69, 9.17) is 14.2 Å². The zero-order chi connectivity index (χ0) is 15.5. The van der Waals surface area contributed by atoms with E-state index in [9.17, 15) is 0 Å². The van der Waals surface area contributed by atoms with Crippen molar-refractivity contribution in [2.75, 3.05) is 19.8 Å². The van der Waals surface area contributed by atoms with Gasteiger partial charge in [-0.3, -0.25) is 0 Å². The first-order chi connectivity index (χ1) is 10.1. The number of rotatable bonds is 0. The monoisotopic (exact) mass is 300 g/mol. The Hall–Kier alpha value is -0.120. The fraction of sp³-hybridized carbons (Fsp3) is 1.00. The van der Waals surface area contributed by atoms with E-state index >= 15 is 0 Å². The molecule has 0 aromatic heterocycles. The van der Waals surface area contributed by atoms with E-state index in [1.54, 1.807) is 0 Å². The maximum absolute atomic E-state index is 5.35. The van der Waals surface area contributed by atoms with Crippen LogP contribution in [0.15, 0.2) is 0 Å². The highest BCUT2D eigenvalue weighted by atomic mass is 16.5. The van der Waals surface area contributed by atoms with Crippen LogP contribution in [0, 0.1) is 5.92 Å². The van der Waals surface area contributed by atoms with Gasteiger partial charge in [0.05, 0.1) is 18.3 Å². The summed E-state index contributed by atoms with van der Waals surface area (Å²) in [5, 5.41) is 0. The van der Waals surface area contributed by atoms with E-state index in [2.05, 4.69) is 27.7 Å². The molecule has 3 heterocycles. The molecule has 126 valence electrons. The van der Waals surface area contributed by atoms with Crippen LogP contribution < -0.4 is 0 Å². The first kappa shape index (κ1) is 18.9. The van der Waals surface area contributed by atoms with E-state index < -0.39 is 0 Å². The average Bonchev–Trinajstić information content (AvgIpc) is 2.92. The molecule has 0 spiro atoms. The highest BCUT2D eigenvalue weighted by molar-refractivity contribution is 4.63. The van der Waals surface area contributed by atoms with Crippen LogP contribution in [-0.2, 0) is 14.2 Å². The lowest BCUT2D eigenvalue weighted by Crippen LogP contribution is -2.20. The minimum Gasteiger partial charge on any atom is -0.379 e. The summed E-state index contributed by atoms with van der Waals surface area (Å²) in [5.74, 6) is 0.888. The molecule has 3 aliphatic heterocycles. The van der Waals surface area contributed by atoms with Crippen LogP contribution in [0.2, 0.25) is 0 Å². The second-order valence-corrected chi connectivity index (χ2v) is 6.81. The smallest absolute Gasteiger partial charge is 0.0549 e. The molecule has 0 amide bonds. The summed E-state index contributed by atoms with van der Waals surface area (Å²) in [6.45, 7) is 11.6. The Morgan fingerprint density at radius 1 is 0.571 bits per heavy atom. The van der Waals surface area contributed by atoms with Gasteiger partial charge in [-0.05, 0) is 71.6 Å². The molecule has 0 aromatic rings. The van der Waals surface area contributed by atoms with Crippen molar-refractivity contribution in [2.24, 2.45) is 5.92 Å². The normalized spacial score (nSPS) is 36.0. The molecule has 0 aliphatic carbocycles. The van der Waals surface area contributed by atoms with Gasteiger partial charge in [-0.2, -0.15) is 0 Å². The van der Waals surface area contributed by atoms with Gasteiger partial charge in [0.1, 0.15) is 0 Å². The Balaban J connectivity index is 0.000000159. The molecule has 4 atom stereocenters. The lowest BCUT2D eigenvalue weighted by molar-refractivity contribution is 0.00682. The predicted molar refractivity (Wildman–Crippen MR) is 87.7 cm³/mol. The van der Waals surface area contributed by atoms with Crippen LogP contribution >= 0.6 is 0 Å². The summed E-state index contributed by atoms with van der Waals surface area (Å²) in [4.78, 5) is 0. The van der Waals surface area contributed by atoms with Crippen LogP contribution in [0.25, 0.3) is 0 Å². The van der Waals surface area contributed by atoms with Crippen molar-refractivity contribution >= 4 is 0 Å². The molecule has 3 saturated heterocycles. The number of hydrogen-bond acceptors (Lipinski definition) is 3. The summed E-state index contributed by atoms with van der Waals surface area (Å²) in [7, 11) is 0. The first-order valence-electron chi connectivity index (χ1n) is 8.92. The minimum atomic E-state index is 0.513. The maximum atomic E-state index is 5.35. The van der Waals surface area contributed by atoms with E-state index in [1.165, 1.54) is 44.9 Å². The lowest BCUT2D eigenvalue weighted by atomic mass is 9.99. The van der Waals surface area contributed by atoms with Gasteiger partial charge in [-0.15, -0.1) is 0 Å². The van der Waals surface area contributed by atoms with Gasteiger partial charge in [0, 0.05) is 19.8 Å². The van der Waals surface area contributed by atoms with Crippen LogP contribution in [0.1, 0.15) is 72.6 Å². The summed E-state index contributed by atoms with van der Waals surface area (Å²) >= 11 is 0. The molecule has 3 nitrogen and oxygen atoms in total. The molecule has 3 rings (SSSR count). The lowest BCUT2D eigenvalue weighted by Gasteiger charge is -2.23. The van der Waals surface area contributed by atoms with Crippen molar-refractivity contribution in [1.29, 1.82) is 0 Å². The van der Waals surface area contributed by atoms with Gasteiger partial charge in [0.2, 0.25) is 0 Å². The largest absolute Gasteiger partial charge is 0.379 e. The summed E-state index contributed by atoms with van der Waals surface area (Å²) in [5.41, 5.74) is 0. The maximum Gasteiger partial charge on any atom is 0.0549 e. The van der Waals surface area contributed by atoms with Gasteiger partial charge >= 0.3 is 0 Å².